The van der Waals surface area contributed by atoms with Crippen LogP contribution in [0, 0.1) is 0 Å². The molecule has 0 unspecified atom stereocenters. The zero-order valence-corrected chi connectivity index (χ0v) is 8.83. The first-order valence-corrected chi connectivity index (χ1v) is 5.10. The maximum atomic E-state index is 12.2. The van der Waals surface area contributed by atoms with Crippen LogP contribution < -0.4 is 4.90 Å². The Morgan fingerprint density at radius 1 is 1.25 bits per heavy atom. The van der Waals surface area contributed by atoms with Crippen LogP contribution in [0.15, 0.2) is 12.4 Å². The summed E-state index contributed by atoms with van der Waals surface area (Å²) in [6.45, 7) is 0. The lowest BCUT2D eigenvalue weighted by Crippen LogP contribution is -2.37. The molecule has 0 aromatic carbocycles. The molecule has 1 fully saturated rings. The number of anilines is 1. The van der Waals surface area contributed by atoms with Crippen LogP contribution in [-0.4, -0.2) is 23.1 Å². The first-order chi connectivity index (χ1) is 7.48. The fraction of sp³-hybridized carbons (Fsp3) is 0.600. The number of halogens is 3. The topological polar surface area (TPSA) is 29.0 Å². The first kappa shape index (κ1) is 11.2. The Morgan fingerprint density at radius 3 is 2.31 bits per heavy atom. The molecule has 3 nitrogen and oxygen atoms in total. The second-order valence-electron chi connectivity index (χ2n) is 3.95. The van der Waals surface area contributed by atoms with Crippen molar-refractivity contribution in [3.63, 3.8) is 0 Å². The molecular formula is C10H12F3N3. The largest absolute Gasteiger partial charge is 0.434 e. The highest BCUT2D eigenvalue weighted by Gasteiger charge is 2.33. The number of hydrogen-bond donors (Lipinski definition) is 0. The van der Waals surface area contributed by atoms with E-state index in [4.69, 9.17) is 0 Å². The lowest BCUT2D eigenvalue weighted by molar-refractivity contribution is -0.141. The first-order valence-electron chi connectivity index (χ1n) is 5.10. The molecular weight excluding hydrogens is 219 g/mol. The van der Waals surface area contributed by atoms with Gasteiger partial charge in [0, 0.05) is 13.1 Å². The molecule has 0 saturated heterocycles. The summed E-state index contributed by atoms with van der Waals surface area (Å²) in [5, 5.41) is 0. The molecule has 1 aliphatic carbocycles. The number of aromatic nitrogens is 2. The van der Waals surface area contributed by atoms with Gasteiger partial charge in [0.05, 0.1) is 12.4 Å². The van der Waals surface area contributed by atoms with E-state index in [-0.39, 0.29) is 0 Å². The monoisotopic (exact) mass is 231 g/mol. The lowest BCUT2D eigenvalue weighted by atomic mass is 9.92. The van der Waals surface area contributed by atoms with Gasteiger partial charge in [0.15, 0.2) is 5.69 Å². The van der Waals surface area contributed by atoms with Crippen LogP contribution in [0.1, 0.15) is 25.0 Å². The van der Waals surface area contributed by atoms with Crippen molar-refractivity contribution < 1.29 is 13.2 Å². The van der Waals surface area contributed by atoms with Crippen molar-refractivity contribution in [2.75, 3.05) is 11.9 Å². The van der Waals surface area contributed by atoms with E-state index in [1.807, 2.05) is 11.9 Å². The Labute approximate surface area is 91.3 Å². The van der Waals surface area contributed by atoms with Crippen molar-refractivity contribution in [3.8, 4) is 0 Å². The average molecular weight is 231 g/mol. The number of nitrogens with zero attached hydrogens (tertiary/aromatic N) is 3. The molecule has 16 heavy (non-hydrogen) atoms. The highest BCUT2D eigenvalue weighted by atomic mass is 19.4. The Morgan fingerprint density at radius 2 is 1.94 bits per heavy atom. The molecule has 2 rings (SSSR count). The van der Waals surface area contributed by atoms with Crippen LogP contribution in [0.2, 0.25) is 0 Å². The van der Waals surface area contributed by atoms with Crippen LogP contribution in [0.3, 0.4) is 0 Å². The smallest absolute Gasteiger partial charge is 0.355 e. The third kappa shape index (κ3) is 2.10. The Hall–Kier alpha value is -1.33. The third-order valence-electron chi connectivity index (χ3n) is 2.91. The van der Waals surface area contributed by atoms with Gasteiger partial charge >= 0.3 is 6.18 Å². The van der Waals surface area contributed by atoms with E-state index >= 15 is 0 Å². The Kier molecular flexibility index (Phi) is 2.73. The summed E-state index contributed by atoms with van der Waals surface area (Å²) in [6, 6.07) is 0.394. The van der Waals surface area contributed by atoms with Gasteiger partial charge in [-0.05, 0) is 19.3 Å². The summed E-state index contributed by atoms with van der Waals surface area (Å²) in [7, 11) is 1.83. The summed E-state index contributed by atoms with van der Waals surface area (Å²) in [5.41, 5.74) is -0.946. The number of alkyl halides is 3. The number of rotatable bonds is 2. The SMILES string of the molecule is CN(c1cnc(C(F)(F)F)cn1)C1CCC1. The average Bonchev–Trinajstić information content (AvgIpc) is 2.14. The molecule has 0 bridgehead atoms. The molecule has 1 aliphatic rings. The highest BCUT2D eigenvalue weighted by Crippen LogP contribution is 2.29. The van der Waals surface area contributed by atoms with Crippen LogP contribution in [0.5, 0.6) is 0 Å². The van der Waals surface area contributed by atoms with E-state index < -0.39 is 11.9 Å². The molecule has 1 heterocycles. The van der Waals surface area contributed by atoms with E-state index in [1.165, 1.54) is 12.6 Å². The van der Waals surface area contributed by atoms with Crippen molar-refractivity contribution in [1.29, 1.82) is 0 Å². The fourth-order valence-electron chi connectivity index (χ4n) is 1.61. The maximum absolute atomic E-state index is 12.2. The molecule has 0 atom stereocenters. The van der Waals surface area contributed by atoms with Gasteiger partial charge in [0.2, 0.25) is 0 Å². The number of hydrogen-bond acceptors (Lipinski definition) is 3. The lowest BCUT2D eigenvalue weighted by Gasteiger charge is -2.35. The summed E-state index contributed by atoms with van der Waals surface area (Å²) >= 11 is 0. The molecule has 88 valence electrons. The predicted octanol–water partition coefficient (Wildman–Crippen LogP) is 2.48. The van der Waals surface area contributed by atoms with Crippen LogP contribution in [0.25, 0.3) is 0 Å². The zero-order valence-electron chi connectivity index (χ0n) is 8.83. The normalized spacial score (nSPS) is 17.0. The van der Waals surface area contributed by atoms with Gasteiger partial charge in [-0.1, -0.05) is 0 Å². The van der Waals surface area contributed by atoms with Gasteiger partial charge in [-0.15, -0.1) is 0 Å². The van der Waals surface area contributed by atoms with E-state index in [1.54, 1.807) is 0 Å². The molecule has 0 aliphatic heterocycles. The summed E-state index contributed by atoms with van der Waals surface area (Å²) in [5.74, 6) is 0.498. The van der Waals surface area contributed by atoms with Gasteiger partial charge in [0.1, 0.15) is 5.82 Å². The van der Waals surface area contributed by atoms with Crippen molar-refractivity contribution >= 4 is 5.82 Å². The van der Waals surface area contributed by atoms with Crippen molar-refractivity contribution in [2.24, 2.45) is 0 Å². The van der Waals surface area contributed by atoms with Gasteiger partial charge < -0.3 is 4.90 Å². The predicted molar refractivity (Wildman–Crippen MR) is 53.1 cm³/mol. The molecule has 1 aromatic heterocycles. The molecule has 0 spiro atoms. The minimum Gasteiger partial charge on any atom is -0.355 e. The van der Waals surface area contributed by atoms with E-state index in [0.717, 1.165) is 19.0 Å². The van der Waals surface area contributed by atoms with Gasteiger partial charge in [-0.2, -0.15) is 13.2 Å². The minimum atomic E-state index is -4.42. The second-order valence-corrected chi connectivity index (χ2v) is 3.95. The Bertz CT molecular complexity index is 357. The molecule has 1 aromatic rings. The quantitative estimate of drug-likeness (QED) is 0.783. The Balaban J connectivity index is 2.12. The molecule has 0 N–H and O–H groups in total. The molecule has 1 saturated carbocycles. The fourth-order valence-corrected chi connectivity index (χ4v) is 1.61. The van der Waals surface area contributed by atoms with Gasteiger partial charge in [0.25, 0.3) is 0 Å². The van der Waals surface area contributed by atoms with Gasteiger partial charge in [-0.3, -0.25) is 0 Å². The maximum Gasteiger partial charge on any atom is 0.434 e. The molecule has 0 amide bonds. The van der Waals surface area contributed by atoms with E-state index in [0.29, 0.717) is 11.9 Å². The van der Waals surface area contributed by atoms with Crippen LogP contribution >= 0.6 is 0 Å². The van der Waals surface area contributed by atoms with Gasteiger partial charge in [-0.25, -0.2) is 9.97 Å². The van der Waals surface area contributed by atoms with Crippen molar-refractivity contribution in [1.82, 2.24) is 9.97 Å². The molecule has 0 radical (unpaired) electrons. The zero-order chi connectivity index (χ0) is 11.8. The van der Waals surface area contributed by atoms with Crippen molar-refractivity contribution in [2.45, 2.75) is 31.5 Å². The molecule has 6 heteroatoms. The van der Waals surface area contributed by atoms with Crippen LogP contribution in [-0.2, 0) is 6.18 Å². The van der Waals surface area contributed by atoms with E-state index in [9.17, 15) is 13.2 Å². The minimum absolute atomic E-state index is 0.394. The summed E-state index contributed by atoms with van der Waals surface area (Å²) in [6.07, 6.45) is 0.855. The van der Waals surface area contributed by atoms with Crippen LogP contribution in [0.4, 0.5) is 19.0 Å². The standard InChI is InChI=1S/C10H12F3N3/c1-16(7-3-2-4-7)9-6-14-8(5-15-9)10(11,12)13/h5-7H,2-4H2,1H3. The second kappa shape index (κ2) is 3.92. The summed E-state index contributed by atoms with van der Waals surface area (Å²) in [4.78, 5) is 9.06. The highest BCUT2D eigenvalue weighted by molar-refractivity contribution is 5.37. The van der Waals surface area contributed by atoms with E-state index in [2.05, 4.69) is 9.97 Å². The van der Waals surface area contributed by atoms with Crippen molar-refractivity contribution in [3.05, 3.63) is 18.1 Å². The third-order valence-corrected chi connectivity index (χ3v) is 2.91. The summed E-state index contributed by atoms with van der Waals surface area (Å²) < 4.78 is 36.7.